The summed E-state index contributed by atoms with van der Waals surface area (Å²) in [6, 6.07) is 7.67. The highest BCUT2D eigenvalue weighted by Gasteiger charge is 2.44. The molecule has 1 aromatic carbocycles. The Labute approximate surface area is 266 Å². The fourth-order valence-electron chi connectivity index (χ4n) is 3.39. The van der Waals surface area contributed by atoms with Crippen molar-refractivity contribution in [2.45, 2.75) is 100 Å². The Morgan fingerprint density at radius 1 is 0.409 bits per heavy atom. The molecule has 1 atom stereocenters. The monoisotopic (exact) mass is 700 g/mol. The van der Waals surface area contributed by atoms with E-state index in [-0.39, 0.29) is 0 Å². The lowest BCUT2D eigenvalue weighted by atomic mass is 10.2. The molecule has 0 saturated heterocycles. The van der Waals surface area contributed by atoms with E-state index in [4.69, 9.17) is 54.3 Å². The highest BCUT2D eigenvalue weighted by molar-refractivity contribution is 7.78. The topological polar surface area (TPSA) is 123 Å². The molecule has 0 bridgehead atoms. The number of hydrogen-bond donors (Lipinski definition) is 0. The first-order valence-corrected chi connectivity index (χ1v) is 22.2. The average molecular weight is 701 g/mol. The summed E-state index contributed by atoms with van der Waals surface area (Å²) in [5, 5.41) is 0. The van der Waals surface area contributed by atoms with Crippen molar-refractivity contribution in [2.75, 3.05) is 46.2 Å². The fraction of sp³-hybridized carbons (Fsp3) is 0.786. The van der Waals surface area contributed by atoms with Gasteiger partial charge in [0.1, 0.15) is 5.75 Å². The van der Waals surface area contributed by atoms with Gasteiger partial charge in [0, 0.05) is 0 Å². The van der Waals surface area contributed by atoms with E-state index in [1.165, 1.54) is 0 Å². The van der Waals surface area contributed by atoms with Crippen LogP contribution in [0, 0.1) is 6.92 Å². The number of rotatable bonds is 23. The van der Waals surface area contributed by atoms with Gasteiger partial charge in [0.25, 0.3) is 0 Å². The minimum atomic E-state index is -3.66. The summed E-state index contributed by atoms with van der Waals surface area (Å²) in [6.45, 7) is 18.5. The molecular formula is C28H56N4O8P4. The Bertz CT molecular complexity index is 1150. The first-order valence-electron chi connectivity index (χ1n) is 16.1. The van der Waals surface area contributed by atoms with Crippen LogP contribution in [0.25, 0.3) is 0 Å². The zero-order valence-corrected chi connectivity index (χ0v) is 31.6. The molecule has 2 rings (SSSR count). The zero-order chi connectivity index (χ0) is 32.4. The van der Waals surface area contributed by atoms with Gasteiger partial charge >= 0.3 is 30.6 Å². The Hall–Kier alpha value is -0.340. The lowest BCUT2D eigenvalue weighted by Gasteiger charge is -2.33. The van der Waals surface area contributed by atoms with E-state index >= 15 is 0 Å². The Morgan fingerprint density at radius 3 is 0.955 bits per heavy atom. The van der Waals surface area contributed by atoms with Gasteiger partial charge in [0.15, 0.2) is 0 Å². The molecule has 0 aliphatic carbocycles. The molecule has 256 valence electrons. The van der Waals surface area contributed by atoms with E-state index in [1.807, 2.05) is 79.7 Å². The number of benzene rings is 1. The molecule has 12 nitrogen and oxygen atoms in total. The molecule has 44 heavy (non-hydrogen) atoms. The molecule has 0 saturated carbocycles. The Morgan fingerprint density at radius 2 is 0.659 bits per heavy atom. The second-order valence-electron chi connectivity index (χ2n) is 10.1. The predicted molar refractivity (Wildman–Crippen MR) is 183 cm³/mol. The van der Waals surface area contributed by atoms with Crippen LogP contribution in [0.5, 0.6) is 5.75 Å². The maximum atomic E-state index is 6.70. The SMILES string of the molecule is CCCOP1(OCCC)=NP(OCCC)(OCCC)=NP(OCCC)(Oc2ccc(C)cc2)=NP(OCCC)(OCCC)=N1. The van der Waals surface area contributed by atoms with Crippen LogP contribution < -0.4 is 4.52 Å². The standard InChI is InChI=1S/C28H56N4O8P4/c1-9-20-33-41(34-21-10-2)29-42(35-22-11-3,36-23-12-4)31-44(39-26-15-7,40-28-18-16-27(8)17-19-28)32-43(30-41,37-24-13-5)38-25-14-6/h16-19H,9-15,20-26H2,1-8H3. The van der Waals surface area contributed by atoms with Gasteiger partial charge in [-0.05, 0) is 64.0 Å². The largest absolute Gasteiger partial charge is 0.422 e. The molecule has 0 aromatic heterocycles. The Kier molecular flexibility index (Phi) is 18.8. The summed E-state index contributed by atoms with van der Waals surface area (Å²) in [6.07, 6.45) is 4.99. The van der Waals surface area contributed by atoms with Crippen molar-refractivity contribution in [1.29, 1.82) is 0 Å². The maximum Gasteiger partial charge on any atom is 0.402 e. The van der Waals surface area contributed by atoms with Gasteiger partial charge in [-0.3, -0.25) is 4.52 Å². The van der Waals surface area contributed by atoms with E-state index < -0.39 is 30.6 Å². The van der Waals surface area contributed by atoms with Gasteiger partial charge in [-0.25, -0.2) is 0 Å². The highest BCUT2D eigenvalue weighted by atomic mass is 31.3. The second kappa shape index (κ2) is 20.8. The average Bonchev–Trinajstić information content (AvgIpc) is 3.02. The van der Waals surface area contributed by atoms with Crippen molar-refractivity contribution in [3.05, 3.63) is 29.8 Å². The Balaban J connectivity index is 3.18. The minimum absolute atomic E-state index is 0.314. The molecule has 0 radical (unpaired) electrons. The molecule has 1 aliphatic rings. The van der Waals surface area contributed by atoms with E-state index in [0.717, 1.165) is 18.4 Å². The van der Waals surface area contributed by atoms with E-state index in [2.05, 4.69) is 0 Å². The third kappa shape index (κ3) is 12.7. The fourth-order valence-corrected chi connectivity index (χ4v) is 16.6. The molecule has 1 unspecified atom stereocenters. The van der Waals surface area contributed by atoms with E-state index in [9.17, 15) is 0 Å². The molecule has 0 fully saturated rings. The predicted octanol–water partition coefficient (Wildman–Crippen LogP) is 12.2. The smallest absolute Gasteiger partial charge is 0.402 e. The van der Waals surface area contributed by atoms with Gasteiger partial charge in [0.05, 0.1) is 46.2 Å². The molecule has 0 spiro atoms. The molecule has 1 aliphatic heterocycles. The third-order valence-corrected chi connectivity index (χ3v) is 16.7. The second-order valence-corrected chi connectivity index (χ2v) is 18.8. The summed E-state index contributed by atoms with van der Waals surface area (Å²) in [7, 11) is -14.3. The van der Waals surface area contributed by atoms with Crippen LogP contribution in [-0.4, -0.2) is 46.2 Å². The normalized spacial score (nSPS) is 20.4. The van der Waals surface area contributed by atoms with Crippen LogP contribution >= 0.6 is 30.6 Å². The minimum Gasteiger partial charge on any atom is -0.422 e. The maximum absolute atomic E-state index is 6.70. The van der Waals surface area contributed by atoms with Crippen molar-refractivity contribution >= 4 is 30.6 Å². The lowest BCUT2D eigenvalue weighted by Crippen LogP contribution is -2.07. The molecule has 16 heteroatoms. The van der Waals surface area contributed by atoms with Crippen molar-refractivity contribution < 1.29 is 36.2 Å². The summed E-state index contributed by atoms with van der Waals surface area (Å²) in [5.41, 5.74) is 1.09. The van der Waals surface area contributed by atoms with Gasteiger partial charge in [-0.2, -0.15) is 0 Å². The third-order valence-electron chi connectivity index (χ3n) is 5.39. The van der Waals surface area contributed by atoms with Crippen molar-refractivity contribution in [2.24, 2.45) is 18.1 Å². The van der Waals surface area contributed by atoms with Crippen LogP contribution in [0.15, 0.2) is 42.3 Å². The van der Waals surface area contributed by atoms with Gasteiger partial charge in [0.2, 0.25) is 0 Å². The summed E-state index contributed by atoms with van der Waals surface area (Å²) < 4.78 is 73.0. The van der Waals surface area contributed by atoms with Crippen molar-refractivity contribution in [3.63, 3.8) is 0 Å². The lowest BCUT2D eigenvalue weighted by molar-refractivity contribution is 0.222. The van der Waals surface area contributed by atoms with Crippen LogP contribution in [0.3, 0.4) is 0 Å². The quantitative estimate of drug-likeness (QED) is 0.103. The van der Waals surface area contributed by atoms with Crippen LogP contribution in [0.4, 0.5) is 0 Å². The molecule has 1 aromatic rings. The summed E-state index contributed by atoms with van der Waals surface area (Å²) in [4.78, 5) is 0. The van der Waals surface area contributed by atoms with Gasteiger partial charge in [-0.15, -0.1) is 18.1 Å². The van der Waals surface area contributed by atoms with E-state index in [0.29, 0.717) is 84.1 Å². The van der Waals surface area contributed by atoms with Crippen molar-refractivity contribution in [1.82, 2.24) is 0 Å². The molecular weight excluding hydrogens is 644 g/mol. The van der Waals surface area contributed by atoms with Crippen molar-refractivity contribution in [3.8, 4) is 5.75 Å². The van der Waals surface area contributed by atoms with Crippen LogP contribution in [0.1, 0.15) is 99.0 Å². The van der Waals surface area contributed by atoms with Gasteiger partial charge < -0.3 is 31.7 Å². The van der Waals surface area contributed by atoms with Crippen LogP contribution in [-0.2, 0) is 31.7 Å². The first kappa shape index (κ1) is 39.8. The number of nitrogens with zero attached hydrogens (tertiary/aromatic N) is 4. The van der Waals surface area contributed by atoms with Gasteiger partial charge in [-0.1, -0.05) is 66.2 Å². The summed E-state index contributed by atoms with van der Waals surface area (Å²) >= 11 is 0. The number of hydrogen-bond acceptors (Lipinski definition) is 12. The number of aryl methyl sites for hydroxylation is 1. The first-order chi connectivity index (χ1) is 21.2. The summed E-state index contributed by atoms with van der Waals surface area (Å²) in [5.74, 6) is 0.534. The molecule has 0 amide bonds. The van der Waals surface area contributed by atoms with Crippen LogP contribution in [0.2, 0.25) is 0 Å². The zero-order valence-electron chi connectivity index (χ0n) is 28.1. The van der Waals surface area contributed by atoms with E-state index in [1.54, 1.807) is 0 Å². The molecule has 1 heterocycles. The highest BCUT2D eigenvalue weighted by Crippen LogP contribution is 2.80. The molecule has 0 N–H and O–H groups in total.